The molecule has 28 heavy (non-hydrogen) atoms. The van der Waals surface area contributed by atoms with Crippen LogP contribution in [0.5, 0.6) is 0 Å². The second kappa shape index (κ2) is 8.99. The highest BCUT2D eigenvalue weighted by molar-refractivity contribution is 7.17. The van der Waals surface area contributed by atoms with Crippen molar-refractivity contribution in [2.75, 3.05) is 13.6 Å². The van der Waals surface area contributed by atoms with Crippen molar-refractivity contribution in [3.8, 4) is 0 Å². The summed E-state index contributed by atoms with van der Waals surface area (Å²) >= 11 is 7.13. The molecule has 2 heterocycles. The largest absolute Gasteiger partial charge is 0.352 e. The Bertz CT molecular complexity index is 1050. The smallest absolute Gasteiger partial charge is 0.268 e. The molecule has 146 valence electrons. The van der Waals surface area contributed by atoms with Crippen LogP contribution < -0.4 is 10.9 Å². The monoisotopic (exact) mass is 418 g/mol. The molecule has 7 nitrogen and oxygen atoms in total. The van der Waals surface area contributed by atoms with Crippen molar-refractivity contribution in [1.29, 1.82) is 0 Å². The van der Waals surface area contributed by atoms with Crippen molar-refractivity contribution < 1.29 is 9.59 Å². The van der Waals surface area contributed by atoms with Crippen molar-refractivity contribution in [2.45, 2.75) is 19.4 Å². The summed E-state index contributed by atoms with van der Waals surface area (Å²) < 4.78 is 0.578. The quantitative estimate of drug-likeness (QED) is 0.577. The summed E-state index contributed by atoms with van der Waals surface area (Å²) in [6.45, 7) is 0.605. The molecule has 0 aliphatic rings. The van der Waals surface area contributed by atoms with Gasteiger partial charge in [-0.05, 0) is 42.1 Å². The average Bonchev–Trinajstić information content (AvgIpc) is 3.14. The van der Waals surface area contributed by atoms with Crippen LogP contribution in [0.15, 0.2) is 40.5 Å². The predicted molar refractivity (Wildman–Crippen MR) is 110 cm³/mol. The molecular formula is C19H19ClN4O3S. The van der Waals surface area contributed by atoms with Crippen molar-refractivity contribution in [3.63, 3.8) is 0 Å². The van der Waals surface area contributed by atoms with Gasteiger partial charge in [0.25, 0.3) is 11.5 Å². The molecule has 2 N–H and O–H groups in total. The number of hydrogen-bond acceptors (Lipinski definition) is 5. The number of nitrogens with zero attached hydrogens (tertiary/aromatic N) is 2. The third-order valence-electron chi connectivity index (χ3n) is 4.14. The molecule has 0 unspecified atom stereocenters. The molecule has 9 heteroatoms. The van der Waals surface area contributed by atoms with E-state index in [1.165, 1.54) is 16.2 Å². The number of fused-ring (bicyclic) bond motifs is 1. The highest BCUT2D eigenvalue weighted by Crippen LogP contribution is 2.14. The summed E-state index contributed by atoms with van der Waals surface area (Å²) in [7, 11) is 1.66. The van der Waals surface area contributed by atoms with E-state index < -0.39 is 0 Å². The summed E-state index contributed by atoms with van der Waals surface area (Å²) in [6.07, 6.45) is 0.790. The van der Waals surface area contributed by atoms with E-state index in [0.717, 1.165) is 0 Å². The van der Waals surface area contributed by atoms with Gasteiger partial charge in [-0.25, -0.2) is 4.98 Å². The molecule has 0 bridgehead atoms. The van der Waals surface area contributed by atoms with Gasteiger partial charge in [-0.3, -0.25) is 14.4 Å². The first kappa shape index (κ1) is 20.0. The van der Waals surface area contributed by atoms with Crippen LogP contribution in [-0.2, 0) is 11.3 Å². The standard InChI is InChI=1S/C19H19ClN4O3S/c1-24(11-15-22-14-8-10-28-17(14)19(27)23-15)16(25)3-2-9-21-18(26)12-4-6-13(20)7-5-12/h4-8,10H,2-3,9,11H2,1H3,(H,21,26)(H,22,23,27). The maximum absolute atomic E-state index is 12.3. The van der Waals surface area contributed by atoms with Gasteiger partial charge in [0.15, 0.2) is 0 Å². The third kappa shape index (κ3) is 4.96. The minimum atomic E-state index is -0.205. The van der Waals surface area contributed by atoms with Crippen LogP contribution in [0.25, 0.3) is 10.2 Å². The topological polar surface area (TPSA) is 95.2 Å². The van der Waals surface area contributed by atoms with Crippen LogP contribution in [0.1, 0.15) is 29.0 Å². The van der Waals surface area contributed by atoms with Gasteiger partial charge < -0.3 is 15.2 Å². The summed E-state index contributed by atoms with van der Waals surface area (Å²) in [5.74, 6) is 0.153. The van der Waals surface area contributed by atoms with Gasteiger partial charge in [-0.2, -0.15) is 0 Å². The van der Waals surface area contributed by atoms with Crippen LogP contribution in [0.4, 0.5) is 0 Å². The lowest BCUT2D eigenvalue weighted by atomic mass is 10.2. The molecule has 0 aliphatic carbocycles. The highest BCUT2D eigenvalue weighted by Gasteiger charge is 2.12. The van der Waals surface area contributed by atoms with Gasteiger partial charge in [-0.15, -0.1) is 11.3 Å². The Morgan fingerprint density at radius 3 is 2.75 bits per heavy atom. The molecule has 0 saturated heterocycles. The fourth-order valence-corrected chi connectivity index (χ4v) is 3.50. The highest BCUT2D eigenvalue weighted by atomic mass is 35.5. The lowest BCUT2D eigenvalue weighted by molar-refractivity contribution is -0.130. The van der Waals surface area contributed by atoms with Crippen molar-refractivity contribution in [3.05, 3.63) is 62.5 Å². The number of nitrogens with one attached hydrogen (secondary N) is 2. The fraction of sp³-hybridized carbons (Fsp3) is 0.263. The summed E-state index contributed by atoms with van der Waals surface area (Å²) in [5.41, 5.74) is 0.960. The number of carbonyl (C=O) groups excluding carboxylic acids is 2. The van der Waals surface area contributed by atoms with E-state index in [2.05, 4.69) is 15.3 Å². The van der Waals surface area contributed by atoms with Gasteiger partial charge in [0, 0.05) is 30.6 Å². The van der Waals surface area contributed by atoms with Crippen LogP contribution in [0.2, 0.25) is 5.02 Å². The molecule has 0 atom stereocenters. The van der Waals surface area contributed by atoms with Crippen molar-refractivity contribution in [1.82, 2.24) is 20.2 Å². The van der Waals surface area contributed by atoms with Gasteiger partial charge in [0.2, 0.25) is 5.91 Å². The molecule has 0 fully saturated rings. The van der Waals surface area contributed by atoms with Gasteiger partial charge >= 0.3 is 0 Å². The summed E-state index contributed by atoms with van der Waals surface area (Å²) in [4.78, 5) is 44.9. The Labute approximate surface area is 170 Å². The summed E-state index contributed by atoms with van der Waals surface area (Å²) in [5, 5.41) is 5.15. The first-order valence-corrected chi connectivity index (χ1v) is 9.94. The van der Waals surface area contributed by atoms with Crippen molar-refractivity contribution >= 4 is 45.0 Å². The number of aromatic amines is 1. The Hall–Kier alpha value is -2.71. The Morgan fingerprint density at radius 1 is 1.25 bits per heavy atom. The maximum atomic E-state index is 12.3. The predicted octanol–water partition coefficient (Wildman–Crippen LogP) is 2.81. The molecule has 0 spiro atoms. The van der Waals surface area contributed by atoms with Crippen LogP contribution >= 0.6 is 22.9 Å². The zero-order valence-electron chi connectivity index (χ0n) is 15.2. The third-order valence-corrected chi connectivity index (χ3v) is 5.29. The molecule has 3 rings (SSSR count). The van der Waals surface area contributed by atoms with E-state index >= 15 is 0 Å². The van der Waals surface area contributed by atoms with Gasteiger partial charge in [-0.1, -0.05) is 11.6 Å². The number of benzene rings is 1. The first-order chi connectivity index (χ1) is 13.4. The zero-order valence-corrected chi connectivity index (χ0v) is 16.8. The van der Waals surface area contributed by atoms with Crippen molar-refractivity contribution in [2.24, 2.45) is 0 Å². The number of rotatable bonds is 7. The molecule has 0 saturated carbocycles. The molecule has 0 radical (unpaired) electrons. The van der Waals surface area contributed by atoms with E-state index in [1.54, 1.807) is 37.4 Å². The molecule has 2 amide bonds. The van der Waals surface area contributed by atoms with Crippen LogP contribution in [0.3, 0.4) is 0 Å². The first-order valence-electron chi connectivity index (χ1n) is 8.68. The minimum Gasteiger partial charge on any atom is -0.352 e. The lowest BCUT2D eigenvalue weighted by Crippen LogP contribution is -2.30. The number of H-pyrrole nitrogens is 1. The summed E-state index contributed by atoms with van der Waals surface area (Å²) in [6, 6.07) is 8.38. The van der Waals surface area contributed by atoms with Crippen LogP contribution in [0, 0.1) is 0 Å². The van der Waals surface area contributed by atoms with Gasteiger partial charge in [0.05, 0.1) is 12.1 Å². The number of aromatic nitrogens is 2. The number of carbonyl (C=O) groups is 2. The number of hydrogen-bond donors (Lipinski definition) is 2. The van der Waals surface area contributed by atoms with E-state index in [0.29, 0.717) is 39.6 Å². The van der Waals surface area contributed by atoms with E-state index in [4.69, 9.17) is 11.6 Å². The molecule has 0 aliphatic heterocycles. The second-order valence-corrected chi connectivity index (χ2v) is 7.62. The number of thiophene rings is 1. The fourth-order valence-electron chi connectivity index (χ4n) is 2.65. The Morgan fingerprint density at radius 2 is 2.00 bits per heavy atom. The lowest BCUT2D eigenvalue weighted by Gasteiger charge is -2.16. The number of amides is 2. The van der Waals surface area contributed by atoms with E-state index in [1.807, 2.05) is 5.38 Å². The second-order valence-electron chi connectivity index (χ2n) is 6.26. The normalized spacial score (nSPS) is 10.8. The SMILES string of the molecule is CN(Cc1nc2ccsc2c(=O)[nH]1)C(=O)CCCNC(=O)c1ccc(Cl)cc1. The molecule has 2 aromatic heterocycles. The van der Waals surface area contributed by atoms with Gasteiger partial charge in [0.1, 0.15) is 10.5 Å². The molecular weight excluding hydrogens is 400 g/mol. The average molecular weight is 419 g/mol. The maximum Gasteiger partial charge on any atom is 0.268 e. The van der Waals surface area contributed by atoms with E-state index in [9.17, 15) is 14.4 Å². The Balaban J connectivity index is 1.45. The zero-order chi connectivity index (χ0) is 20.1. The number of halogens is 1. The van der Waals surface area contributed by atoms with E-state index in [-0.39, 0.29) is 30.3 Å². The minimum absolute atomic E-state index is 0.0891. The molecule has 1 aromatic carbocycles. The Kier molecular flexibility index (Phi) is 6.43. The molecule has 3 aromatic rings. The van der Waals surface area contributed by atoms with Crippen LogP contribution in [-0.4, -0.2) is 40.3 Å².